The van der Waals surface area contributed by atoms with Gasteiger partial charge in [-0.3, -0.25) is 9.59 Å². The number of rotatable bonds is 8. The minimum absolute atomic E-state index is 0.00150. The number of amides is 1. The summed E-state index contributed by atoms with van der Waals surface area (Å²) < 4.78 is 23.1. The van der Waals surface area contributed by atoms with Crippen LogP contribution in [0.25, 0.3) is 0 Å². The van der Waals surface area contributed by atoms with Gasteiger partial charge in [0, 0.05) is 10.6 Å². The molecule has 8 heteroatoms. The molecule has 0 bridgehead atoms. The van der Waals surface area contributed by atoms with Crippen LogP contribution in [-0.2, 0) is 30.3 Å². The van der Waals surface area contributed by atoms with Crippen LogP contribution in [0.5, 0.6) is 0 Å². The van der Waals surface area contributed by atoms with Crippen LogP contribution in [0.15, 0.2) is 18.2 Å². The van der Waals surface area contributed by atoms with Crippen molar-refractivity contribution in [3.8, 4) is 0 Å². The molecule has 0 saturated carbocycles. The van der Waals surface area contributed by atoms with E-state index < -0.39 is 42.7 Å². The minimum Gasteiger partial charge on any atom is -0.467 e. The molecule has 0 spiro atoms. The van der Waals surface area contributed by atoms with E-state index in [9.17, 15) is 18.8 Å². The maximum Gasteiger partial charge on any atom is 0.328 e. The molecule has 0 radical (unpaired) electrons. The van der Waals surface area contributed by atoms with Crippen molar-refractivity contribution in [2.45, 2.75) is 32.7 Å². The van der Waals surface area contributed by atoms with Crippen molar-refractivity contribution in [2.75, 3.05) is 13.7 Å². The second kappa shape index (κ2) is 9.98. The van der Waals surface area contributed by atoms with E-state index in [1.807, 2.05) is 6.92 Å². The van der Waals surface area contributed by atoms with Crippen LogP contribution < -0.4 is 5.32 Å². The summed E-state index contributed by atoms with van der Waals surface area (Å²) in [6, 6.07) is 3.21. The van der Waals surface area contributed by atoms with Crippen molar-refractivity contribution in [3.05, 3.63) is 34.6 Å². The van der Waals surface area contributed by atoms with Gasteiger partial charge in [-0.2, -0.15) is 0 Å². The molecule has 25 heavy (non-hydrogen) atoms. The third-order valence-corrected chi connectivity index (χ3v) is 4.09. The first kappa shape index (κ1) is 20.9. The van der Waals surface area contributed by atoms with Gasteiger partial charge < -0.3 is 14.8 Å². The van der Waals surface area contributed by atoms with Gasteiger partial charge in [0.15, 0.2) is 6.61 Å². The lowest BCUT2D eigenvalue weighted by molar-refractivity contribution is -0.150. The van der Waals surface area contributed by atoms with E-state index in [0.717, 1.165) is 0 Å². The van der Waals surface area contributed by atoms with E-state index in [0.29, 0.717) is 6.42 Å². The van der Waals surface area contributed by atoms with Gasteiger partial charge in [-0.1, -0.05) is 37.9 Å². The van der Waals surface area contributed by atoms with Crippen LogP contribution in [0.2, 0.25) is 5.02 Å². The monoisotopic (exact) mass is 373 g/mol. The summed E-state index contributed by atoms with van der Waals surface area (Å²) in [6.45, 7) is 3.06. The maximum absolute atomic E-state index is 13.6. The normalized spacial score (nSPS) is 12.8. The second-order valence-corrected chi connectivity index (χ2v) is 5.90. The van der Waals surface area contributed by atoms with Crippen molar-refractivity contribution in [2.24, 2.45) is 5.92 Å². The zero-order valence-corrected chi connectivity index (χ0v) is 15.1. The first-order chi connectivity index (χ1) is 11.8. The van der Waals surface area contributed by atoms with Gasteiger partial charge in [-0.25, -0.2) is 9.18 Å². The third-order valence-electron chi connectivity index (χ3n) is 3.73. The molecule has 1 rings (SSSR count). The Morgan fingerprint density at radius 3 is 2.56 bits per heavy atom. The fraction of sp³-hybridized carbons (Fsp3) is 0.471. The molecule has 0 aliphatic carbocycles. The average molecular weight is 374 g/mol. The average Bonchev–Trinajstić information content (AvgIpc) is 2.59. The molecule has 2 atom stereocenters. The van der Waals surface area contributed by atoms with E-state index in [1.54, 1.807) is 6.92 Å². The van der Waals surface area contributed by atoms with Gasteiger partial charge in [0.1, 0.15) is 11.9 Å². The highest BCUT2D eigenvalue weighted by atomic mass is 35.5. The van der Waals surface area contributed by atoms with Crippen molar-refractivity contribution >= 4 is 29.4 Å². The summed E-state index contributed by atoms with van der Waals surface area (Å²) >= 11 is 5.83. The Balaban J connectivity index is 2.57. The number of benzene rings is 1. The van der Waals surface area contributed by atoms with E-state index >= 15 is 0 Å². The lowest BCUT2D eigenvalue weighted by Gasteiger charge is -2.21. The maximum atomic E-state index is 13.6. The van der Waals surface area contributed by atoms with Crippen molar-refractivity contribution in [3.63, 3.8) is 0 Å². The predicted octanol–water partition coefficient (Wildman–Crippen LogP) is 2.27. The minimum atomic E-state index is -0.831. The zero-order chi connectivity index (χ0) is 19.0. The first-order valence-electron chi connectivity index (χ1n) is 7.75. The molecule has 0 unspecified atom stereocenters. The van der Waals surface area contributed by atoms with Crippen LogP contribution in [-0.4, -0.2) is 37.6 Å². The van der Waals surface area contributed by atoms with Gasteiger partial charge in [0.2, 0.25) is 0 Å². The molecular formula is C17H21ClFNO5. The Morgan fingerprint density at radius 2 is 2.00 bits per heavy atom. The highest BCUT2D eigenvalue weighted by Crippen LogP contribution is 2.19. The Bertz CT molecular complexity index is 617. The van der Waals surface area contributed by atoms with Crippen LogP contribution in [0.3, 0.4) is 0 Å². The number of nitrogens with one attached hydrogen (secondary N) is 1. The second-order valence-electron chi connectivity index (χ2n) is 5.49. The number of methoxy groups -OCH3 is 1. The number of carbonyl (C=O) groups is 3. The SMILES string of the molecule is CC[C@H](C)[C@@H](NC(=O)COC(=O)Cc1c(F)cccc1Cl)C(=O)OC. The summed E-state index contributed by atoms with van der Waals surface area (Å²) in [6.07, 6.45) is 0.246. The first-order valence-corrected chi connectivity index (χ1v) is 8.13. The van der Waals surface area contributed by atoms with Crippen molar-refractivity contribution < 1.29 is 28.2 Å². The summed E-state index contributed by atoms with van der Waals surface area (Å²) in [5.41, 5.74) is 0.00150. The summed E-state index contributed by atoms with van der Waals surface area (Å²) in [4.78, 5) is 35.4. The van der Waals surface area contributed by atoms with E-state index in [-0.39, 0.29) is 16.5 Å². The van der Waals surface area contributed by atoms with Gasteiger partial charge >= 0.3 is 11.9 Å². The molecule has 0 saturated heterocycles. The Morgan fingerprint density at radius 1 is 1.32 bits per heavy atom. The van der Waals surface area contributed by atoms with Crippen LogP contribution >= 0.6 is 11.6 Å². The standard InChI is InChI=1S/C17H21ClFNO5/c1-4-10(2)16(17(23)24-3)20-14(21)9-25-15(22)8-11-12(18)6-5-7-13(11)19/h5-7,10,16H,4,8-9H2,1-3H3,(H,20,21)/t10-,16+/m0/s1. The molecular weight excluding hydrogens is 353 g/mol. The molecule has 0 aliphatic heterocycles. The van der Waals surface area contributed by atoms with Crippen molar-refractivity contribution in [1.29, 1.82) is 0 Å². The zero-order valence-electron chi connectivity index (χ0n) is 14.3. The molecule has 0 aliphatic rings. The van der Waals surface area contributed by atoms with Gasteiger partial charge in [0.25, 0.3) is 5.91 Å². The largest absolute Gasteiger partial charge is 0.467 e. The molecule has 1 aromatic rings. The quantitative estimate of drug-likeness (QED) is 0.707. The molecule has 1 N–H and O–H groups in total. The molecule has 0 fully saturated rings. The topological polar surface area (TPSA) is 81.7 Å². The number of ether oxygens (including phenoxy) is 2. The predicted molar refractivity (Wildman–Crippen MR) is 89.5 cm³/mol. The van der Waals surface area contributed by atoms with Gasteiger partial charge in [-0.05, 0) is 18.1 Å². The van der Waals surface area contributed by atoms with Gasteiger partial charge in [0.05, 0.1) is 13.5 Å². The Labute approximate surface area is 150 Å². The molecule has 138 valence electrons. The summed E-state index contributed by atoms with van der Waals surface area (Å²) in [7, 11) is 1.22. The number of hydrogen-bond acceptors (Lipinski definition) is 5. The van der Waals surface area contributed by atoms with Crippen LogP contribution in [0, 0.1) is 11.7 Å². The Hall–Kier alpha value is -2.15. The molecule has 0 heterocycles. The number of esters is 2. The molecule has 1 amide bonds. The highest BCUT2D eigenvalue weighted by molar-refractivity contribution is 6.31. The Kier molecular flexibility index (Phi) is 8.34. The summed E-state index contributed by atoms with van der Waals surface area (Å²) in [5.74, 6) is -2.81. The van der Waals surface area contributed by atoms with E-state index in [1.165, 1.54) is 25.3 Å². The van der Waals surface area contributed by atoms with Crippen molar-refractivity contribution in [1.82, 2.24) is 5.32 Å². The molecule has 1 aromatic carbocycles. The smallest absolute Gasteiger partial charge is 0.328 e. The molecule has 6 nitrogen and oxygen atoms in total. The summed E-state index contributed by atoms with van der Waals surface area (Å²) in [5, 5.41) is 2.57. The number of carbonyl (C=O) groups excluding carboxylic acids is 3. The lowest BCUT2D eigenvalue weighted by atomic mass is 9.99. The fourth-order valence-corrected chi connectivity index (χ4v) is 2.28. The lowest BCUT2D eigenvalue weighted by Crippen LogP contribution is -2.47. The van der Waals surface area contributed by atoms with Crippen LogP contribution in [0.4, 0.5) is 4.39 Å². The third kappa shape index (κ3) is 6.34. The fourth-order valence-electron chi connectivity index (χ4n) is 2.05. The van der Waals surface area contributed by atoms with Crippen LogP contribution in [0.1, 0.15) is 25.8 Å². The van der Waals surface area contributed by atoms with E-state index in [4.69, 9.17) is 16.3 Å². The van der Waals surface area contributed by atoms with Gasteiger partial charge in [-0.15, -0.1) is 0 Å². The molecule has 0 aromatic heterocycles. The number of halogens is 2. The highest BCUT2D eigenvalue weighted by Gasteiger charge is 2.27. The number of hydrogen-bond donors (Lipinski definition) is 1. The van der Waals surface area contributed by atoms with E-state index in [2.05, 4.69) is 10.1 Å².